The molecule has 0 aliphatic carbocycles. The van der Waals surface area contributed by atoms with Gasteiger partial charge in [0.15, 0.2) is 0 Å². The first-order valence-corrected chi connectivity index (χ1v) is 6.79. The van der Waals surface area contributed by atoms with Crippen LogP contribution in [0.4, 0.5) is 10.5 Å². The molecule has 0 aliphatic rings. The van der Waals surface area contributed by atoms with Crippen molar-refractivity contribution in [1.29, 1.82) is 0 Å². The van der Waals surface area contributed by atoms with Gasteiger partial charge in [0.1, 0.15) is 6.61 Å². The lowest BCUT2D eigenvalue weighted by atomic mass is 10.0. The maximum Gasteiger partial charge on any atom is 0.411 e. The number of carbonyl (C=O) groups is 2. The van der Waals surface area contributed by atoms with E-state index in [-0.39, 0.29) is 12.2 Å². The number of aryl methyl sites for hydroxylation is 1. The zero-order valence-electron chi connectivity index (χ0n) is 12.4. The third-order valence-corrected chi connectivity index (χ3v) is 3.23. The molecule has 22 heavy (non-hydrogen) atoms. The summed E-state index contributed by atoms with van der Waals surface area (Å²) in [4.78, 5) is 23.0. The minimum Gasteiger partial charge on any atom is -0.478 e. The number of hydrogen-bond donors (Lipinski definition) is 2. The van der Waals surface area contributed by atoms with Crippen LogP contribution in [-0.4, -0.2) is 17.2 Å². The van der Waals surface area contributed by atoms with Gasteiger partial charge in [-0.05, 0) is 42.7 Å². The molecule has 2 N–H and O–H groups in total. The van der Waals surface area contributed by atoms with E-state index < -0.39 is 12.1 Å². The number of nitrogens with one attached hydrogen (secondary N) is 1. The van der Waals surface area contributed by atoms with Gasteiger partial charge in [-0.1, -0.05) is 30.3 Å². The van der Waals surface area contributed by atoms with Crippen LogP contribution in [0.15, 0.2) is 42.5 Å². The fourth-order valence-electron chi connectivity index (χ4n) is 2.08. The summed E-state index contributed by atoms with van der Waals surface area (Å²) in [5.74, 6) is -1.03. The van der Waals surface area contributed by atoms with E-state index in [1.807, 2.05) is 30.3 Å². The van der Waals surface area contributed by atoms with Gasteiger partial charge in [0, 0.05) is 5.69 Å². The average Bonchev–Trinajstić information content (AvgIpc) is 2.49. The highest BCUT2D eigenvalue weighted by molar-refractivity contribution is 5.94. The predicted molar refractivity (Wildman–Crippen MR) is 83.1 cm³/mol. The molecule has 0 aromatic heterocycles. The Balaban J connectivity index is 2.07. The van der Waals surface area contributed by atoms with Gasteiger partial charge in [0.2, 0.25) is 0 Å². The Hall–Kier alpha value is -2.82. The van der Waals surface area contributed by atoms with E-state index in [0.29, 0.717) is 11.3 Å². The maximum atomic E-state index is 11.8. The smallest absolute Gasteiger partial charge is 0.411 e. The molecule has 2 aromatic rings. The van der Waals surface area contributed by atoms with Gasteiger partial charge in [-0.25, -0.2) is 9.59 Å². The van der Waals surface area contributed by atoms with Gasteiger partial charge < -0.3 is 9.84 Å². The Labute approximate surface area is 128 Å². The summed E-state index contributed by atoms with van der Waals surface area (Å²) in [6, 6.07) is 12.6. The van der Waals surface area contributed by atoms with Crippen LogP contribution in [0.5, 0.6) is 0 Å². The number of anilines is 1. The third-order valence-electron chi connectivity index (χ3n) is 3.23. The van der Waals surface area contributed by atoms with Crippen LogP contribution < -0.4 is 5.32 Å². The average molecular weight is 299 g/mol. The topological polar surface area (TPSA) is 75.6 Å². The molecule has 1 amide bonds. The molecule has 0 fully saturated rings. The lowest BCUT2D eigenvalue weighted by Crippen LogP contribution is -2.15. The summed E-state index contributed by atoms with van der Waals surface area (Å²) in [7, 11) is 0. The van der Waals surface area contributed by atoms with Gasteiger partial charge in [0.05, 0.1) is 5.56 Å². The number of carbonyl (C=O) groups excluding carboxylic acids is 1. The molecule has 2 rings (SSSR count). The molecule has 0 unspecified atom stereocenters. The molecule has 0 atom stereocenters. The molecule has 2 aromatic carbocycles. The minimum atomic E-state index is -1.03. The SMILES string of the molecule is Cc1cc(NC(=O)OCc2ccccc2)c(C)c(C(=O)O)c1. The van der Waals surface area contributed by atoms with Crippen LogP contribution >= 0.6 is 0 Å². The first-order chi connectivity index (χ1) is 10.5. The standard InChI is InChI=1S/C17H17NO4/c1-11-8-14(16(19)20)12(2)15(9-11)18-17(21)22-10-13-6-4-3-5-7-13/h3-9H,10H2,1-2H3,(H,18,21)(H,19,20). The van der Waals surface area contributed by atoms with Crippen molar-refractivity contribution in [2.75, 3.05) is 5.32 Å². The van der Waals surface area contributed by atoms with Crippen LogP contribution in [0.1, 0.15) is 27.0 Å². The van der Waals surface area contributed by atoms with Crippen molar-refractivity contribution in [2.45, 2.75) is 20.5 Å². The number of ether oxygens (including phenoxy) is 1. The van der Waals surface area contributed by atoms with E-state index >= 15 is 0 Å². The molecule has 0 spiro atoms. The Morgan fingerprint density at radius 2 is 1.82 bits per heavy atom. The van der Waals surface area contributed by atoms with E-state index in [0.717, 1.165) is 11.1 Å². The second-order valence-electron chi connectivity index (χ2n) is 4.98. The lowest BCUT2D eigenvalue weighted by molar-refractivity contribution is 0.0696. The monoisotopic (exact) mass is 299 g/mol. The third kappa shape index (κ3) is 3.85. The molecule has 5 nitrogen and oxygen atoms in total. The van der Waals surface area contributed by atoms with E-state index in [9.17, 15) is 9.59 Å². The highest BCUT2D eigenvalue weighted by Crippen LogP contribution is 2.22. The normalized spacial score (nSPS) is 10.1. The highest BCUT2D eigenvalue weighted by atomic mass is 16.5. The van der Waals surface area contributed by atoms with Crippen molar-refractivity contribution in [1.82, 2.24) is 0 Å². The fourth-order valence-corrected chi connectivity index (χ4v) is 2.08. The van der Waals surface area contributed by atoms with E-state index in [4.69, 9.17) is 9.84 Å². The van der Waals surface area contributed by atoms with Gasteiger partial charge >= 0.3 is 12.1 Å². The molecule has 114 valence electrons. The van der Waals surface area contributed by atoms with Crippen LogP contribution in [-0.2, 0) is 11.3 Å². The Kier molecular flexibility index (Phi) is 4.78. The molecular formula is C17H17NO4. The van der Waals surface area contributed by atoms with Crippen LogP contribution in [0.2, 0.25) is 0 Å². The number of amides is 1. The van der Waals surface area contributed by atoms with Crippen LogP contribution in [0, 0.1) is 13.8 Å². The van der Waals surface area contributed by atoms with Gasteiger partial charge in [-0.2, -0.15) is 0 Å². The summed E-state index contributed by atoms with van der Waals surface area (Å²) >= 11 is 0. The molecule has 5 heteroatoms. The molecule has 0 bridgehead atoms. The number of aromatic carboxylic acids is 1. The Bertz CT molecular complexity index is 695. The summed E-state index contributed by atoms with van der Waals surface area (Å²) < 4.78 is 5.13. The number of benzene rings is 2. The van der Waals surface area contributed by atoms with Gasteiger partial charge in [-0.3, -0.25) is 5.32 Å². The molecular weight excluding hydrogens is 282 g/mol. The van der Waals surface area contributed by atoms with Crippen molar-refractivity contribution in [3.8, 4) is 0 Å². The zero-order valence-corrected chi connectivity index (χ0v) is 12.4. The number of hydrogen-bond acceptors (Lipinski definition) is 3. The molecule has 0 saturated carbocycles. The zero-order chi connectivity index (χ0) is 16.1. The first kappa shape index (κ1) is 15.6. The van der Waals surface area contributed by atoms with E-state index in [1.165, 1.54) is 0 Å². The number of carboxylic acid groups (broad SMARTS) is 1. The Morgan fingerprint density at radius 1 is 1.14 bits per heavy atom. The largest absolute Gasteiger partial charge is 0.478 e. The number of carboxylic acids is 1. The van der Waals surface area contributed by atoms with Gasteiger partial charge in [-0.15, -0.1) is 0 Å². The summed E-state index contributed by atoms with van der Waals surface area (Å²) in [5, 5.41) is 11.7. The maximum absolute atomic E-state index is 11.8. The number of rotatable bonds is 4. The van der Waals surface area contributed by atoms with E-state index in [2.05, 4.69) is 5.32 Å². The quantitative estimate of drug-likeness (QED) is 0.901. The van der Waals surface area contributed by atoms with Crippen molar-refractivity contribution < 1.29 is 19.4 Å². The van der Waals surface area contributed by atoms with E-state index in [1.54, 1.807) is 26.0 Å². The Morgan fingerprint density at radius 3 is 2.45 bits per heavy atom. The molecule has 0 saturated heterocycles. The molecule has 0 aliphatic heterocycles. The summed E-state index contributed by atoms with van der Waals surface area (Å²) in [6.07, 6.45) is -0.617. The predicted octanol–water partition coefficient (Wildman–Crippen LogP) is 3.75. The second-order valence-corrected chi connectivity index (χ2v) is 4.98. The van der Waals surface area contributed by atoms with Crippen LogP contribution in [0.25, 0.3) is 0 Å². The lowest BCUT2D eigenvalue weighted by Gasteiger charge is -2.12. The van der Waals surface area contributed by atoms with Gasteiger partial charge in [0.25, 0.3) is 0 Å². The summed E-state index contributed by atoms with van der Waals surface area (Å²) in [5.41, 5.74) is 2.73. The minimum absolute atomic E-state index is 0.156. The van der Waals surface area contributed by atoms with Crippen molar-refractivity contribution in [3.05, 3.63) is 64.7 Å². The van der Waals surface area contributed by atoms with Crippen molar-refractivity contribution >= 4 is 17.7 Å². The van der Waals surface area contributed by atoms with Crippen molar-refractivity contribution in [2.24, 2.45) is 0 Å². The first-order valence-electron chi connectivity index (χ1n) is 6.79. The highest BCUT2D eigenvalue weighted by Gasteiger charge is 2.14. The molecule has 0 heterocycles. The fraction of sp³-hybridized carbons (Fsp3) is 0.176. The molecule has 0 radical (unpaired) electrons. The van der Waals surface area contributed by atoms with Crippen molar-refractivity contribution in [3.63, 3.8) is 0 Å². The van der Waals surface area contributed by atoms with Crippen LogP contribution in [0.3, 0.4) is 0 Å². The second kappa shape index (κ2) is 6.76. The summed E-state index contributed by atoms with van der Waals surface area (Å²) in [6.45, 7) is 3.57.